The molecular formula is C11H14FNO2S. The largest absolute Gasteiger partial charge is 0.314 e. The Bertz CT molecular complexity index is 469. The van der Waals surface area contributed by atoms with E-state index in [1.54, 1.807) is 18.2 Å². The number of benzene rings is 1. The summed E-state index contributed by atoms with van der Waals surface area (Å²) in [5.41, 5.74) is 0.471. The van der Waals surface area contributed by atoms with Crippen LogP contribution in [-0.2, 0) is 16.3 Å². The smallest absolute Gasteiger partial charge is 0.155 e. The van der Waals surface area contributed by atoms with Crippen LogP contribution >= 0.6 is 0 Å². The van der Waals surface area contributed by atoms with Gasteiger partial charge in [0, 0.05) is 13.1 Å². The van der Waals surface area contributed by atoms with Gasteiger partial charge in [0.15, 0.2) is 9.84 Å². The average molecular weight is 243 g/mol. The van der Waals surface area contributed by atoms with Crippen LogP contribution in [0.3, 0.4) is 0 Å². The molecule has 1 saturated heterocycles. The molecule has 1 fully saturated rings. The minimum atomic E-state index is -3.07. The van der Waals surface area contributed by atoms with Gasteiger partial charge in [0.25, 0.3) is 0 Å². The lowest BCUT2D eigenvalue weighted by atomic mass is 10.2. The Hall–Kier alpha value is -0.940. The highest BCUT2D eigenvalue weighted by molar-refractivity contribution is 7.92. The van der Waals surface area contributed by atoms with Crippen molar-refractivity contribution >= 4 is 9.84 Å². The lowest BCUT2D eigenvalue weighted by molar-refractivity contribution is 0.495. The van der Waals surface area contributed by atoms with Gasteiger partial charge in [-0.2, -0.15) is 0 Å². The molecule has 0 saturated carbocycles. The molecule has 1 aliphatic heterocycles. The van der Waals surface area contributed by atoms with Crippen LogP contribution in [-0.4, -0.2) is 32.5 Å². The minimum absolute atomic E-state index is 0.0281. The number of halogens is 1. The van der Waals surface area contributed by atoms with Gasteiger partial charge in [0.2, 0.25) is 0 Å². The van der Waals surface area contributed by atoms with E-state index in [4.69, 9.17) is 0 Å². The van der Waals surface area contributed by atoms with E-state index in [9.17, 15) is 12.8 Å². The lowest BCUT2D eigenvalue weighted by Gasteiger charge is -2.26. The Morgan fingerprint density at radius 3 is 2.56 bits per heavy atom. The highest BCUT2D eigenvalue weighted by Gasteiger charge is 2.30. The second-order valence-corrected chi connectivity index (χ2v) is 6.39. The summed E-state index contributed by atoms with van der Waals surface area (Å²) in [5.74, 6) is -0.301. The Morgan fingerprint density at radius 1 is 1.31 bits per heavy atom. The highest BCUT2D eigenvalue weighted by Crippen LogP contribution is 2.12. The summed E-state index contributed by atoms with van der Waals surface area (Å²) in [5, 5.41) is 2.65. The summed E-state index contributed by atoms with van der Waals surface area (Å²) >= 11 is 0. The molecule has 16 heavy (non-hydrogen) atoms. The first kappa shape index (κ1) is 11.5. The van der Waals surface area contributed by atoms with Crippen molar-refractivity contribution in [3.63, 3.8) is 0 Å². The average Bonchev–Trinajstić information content (AvgIpc) is 2.13. The summed E-state index contributed by atoms with van der Waals surface area (Å²) in [6.07, 6.45) is 0.255. The molecule has 0 radical (unpaired) electrons. The molecule has 1 aliphatic rings. The third kappa shape index (κ3) is 2.41. The molecule has 88 valence electrons. The van der Waals surface area contributed by atoms with Crippen LogP contribution in [0.2, 0.25) is 0 Å². The van der Waals surface area contributed by atoms with Crippen LogP contribution in [0.1, 0.15) is 5.56 Å². The number of hydrogen-bond acceptors (Lipinski definition) is 3. The molecule has 0 amide bonds. The number of hydrogen-bond donors (Lipinski definition) is 1. The zero-order chi connectivity index (χ0) is 11.6. The first-order chi connectivity index (χ1) is 7.59. The van der Waals surface area contributed by atoms with Gasteiger partial charge in [0.1, 0.15) is 5.82 Å². The van der Waals surface area contributed by atoms with Crippen molar-refractivity contribution in [2.24, 2.45) is 0 Å². The molecular weight excluding hydrogens is 229 g/mol. The van der Waals surface area contributed by atoms with Crippen LogP contribution in [0, 0.1) is 5.82 Å². The molecule has 0 aromatic heterocycles. The molecule has 0 spiro atoms. The van der Waals surface area contributed by atoms with E-state index in [1.165, 1.54) is 6.07 Å². The minimum Gasteiger partial charge on any atom is -0.314 e. The van der Waals surface area contributed by atoms with Crippen LogP contribution in [0.4, 0.5) is 4.39 Å². The molecule has 0 atom stereocenters. The van der Waals surface area contributed by atoms with Gasteiger partial charge in [-0.3, -0.25) is 0 Å². The number of aryl methyl sites for hydroxylation is 1. The molecule has 1 aromatic carbocycles. The fraction of sp³-hybridized carbons (Fsp3) is 0.455. The van der Waals surface area contributed by atoms with E-state index in [0.29, 0.717) is 18.7 Å². The molecule has 1 heterocycles. The van der Waals surface area contributed by atoms with E-state index < -0.39 is 9.84 Å². The Balaban J connectivity index is 1.99. The van der Waals surface area contributed by atoms with Crippen molar-refractivity contribution in [2.75, 3.05) is 18.8 Å². The summed E-state index contributed by atoms with van der Waals surface area (Å²) in [7, 11) is -3.07. The van der Waals surface area contributed by atoms with Gasteiger partial charge in [0.05, 0.1) is 11.0 Å². The van der Waals surface area contributed by atoms with Gasteiger partial charge in [-0.05, 0) is 18.1 Å². The molecule has 2 rings (SSSR count). The first-order valence-corrected chi connectivity index (χ1v) is 6.97. The second-order valence-electron chi connectivity index (χ2n) is 3.99. The second kappa shape index (κ2) is 4.51. The van der Waals surface area contributed by atoms with E-state index in [1.807, 2.05) is 0 Å². The van der Waals surface area contributed by atoms with Crippen LogP contribution < -0.4 is 5.32 Å². The normalized spacial score (nSPS) is 17.1. The van der Waals surface area contributed by atoms with Gasteiger partial charge in [-0.1, -0.05) is 18.2 Å². The van der Waals surface area contributed by atoms with E-state index in [2.05, 4.69) is 5.32 Å². The third-order valence-electron chi connectivity index (χ3n) is 2.87. The summed E-state index contributed by atoms with van der Waals surface area (Å²) in [4.78, 5) is 0. The van der Waals surface area contributed by atoms with E-state index in [-0.39, 0.29) is 23.2 Å². The Labute approximate surface area is 94.6 Å². The molecule has 5 heteroatoms. The molecule has 3 nitrogen and oxygen atoms in total. The molecule has 0 unspecified atom stereocenters. The van der Waals surface area contributed by atoms with Crippen molar-refractivity contribution in [1.82, 2.24) is 5.32 Å². The molecule has 0 aliphatic carbocycles. The molecule has 0 bridgehead atoms. The van der Waals surface area contributed by atoms with Crippen molar-refractivity contribution < 1.29 is 12.8 Å². The van der Waals surface area contributed by atoms with Crippen molar-refractivity contribution in [2.45, 2.75) is 11.7 Å². The fourth-order valence-corrected chi connectivity index (χ4v) is 3.22. The van der Waals surface area contributed by atoms with E-state index >= 15 is 0 Å². The van der Waals surface area contributed by atoms with Crippen LogP contribution in [0.25, 0.3) is 0 Å². The SMILES string of the molecule is O=S(=O)(CCc1ccccc1F)C1CNC1. The standard InChI is InChI=1S/C11H14FNO2S/c12-11-4-2-1-3-9(11)5-6-16(14,15)10-7-13-8-10/h1-4,10,13H,5-8H2. The maximum atomic E-state index is 13.3. The van der Waals surface area contributed by atoms with Crippen molar-refractivity contribution in [3.05, 3.63) is 35.6 Å². The van der Waals surface area contributed by atoms with Gasteiger partial charge in [-0.15, -0.1) is 0 Å². The van der Waals surface area contributed by atoms with Crippen LogP contribution in [0.5, 0.6) is 0 Å². The van der Waals surface area contributed by atoms with Crippen molar-refractivity contribution in [1.29, 1.82) is 0 Å². The molecule has 1 N–H and O–H groups in total. The number of sulfone groups is 1. The van der Waals surface area contributed by atoms with Crippen LogP contribution in [0.15, 0.2) is 24.3 Å². The topological polar surface area (TPSA) is 46.2 Å². The highest BCUT2D eigenvalue weighted by atomic mass is 32.2. The first-order valence-electron chi connectivity index (χ1n) is 5.25. The molecule has 1 aromatic rings. The zero-order valence-corrected chi connectivity index (χ0v) is 9.63. The zero-order valence-electron chi connectivity index (χ0n) is 8.82. The predicted octanol–water partition coefficient (Wildman–Crippen LogP) is 0.755. The number of nitrogens with one attached hydrogen (secondary N) is 1. The maximum Gasteiger partial charge on any atom is 0.155 e. The summed E-state index contributed by atoms with van der Waals surface area (Å²) < 4.78 is 36.7. The Morgan fingerprint density at radius 2 is 2.00 bits per heavy atom. The predicted molar refractivity (Wildman–Crippen MR) is 60.5 cm³/mol. The maximum absolute atomic E-state index is 13.3. The monoisotopic (exact) mass is 243 g/mol. The Kier molecular flexibility index (Phi) is 3.25. The fourth-order valence-electron chi connectivity index (χ4n) is 1.64. The van der Waals surface area contributed by atoms with Gasteiger partial charge in [-0.25, -0.2) is 12.8 Å². The quantitative estimate of drug-likeness (QED) is 0.849. The van der Waals surface area contributed by atoms with E-state index in [0.717, 1.165) is 0 Å². The van der Waals surface area contributed by atoms with Gasteiger partial charge >= 0.3 is 0 Å². The third-order valence-corrected chi connectivity index (χ3v) is 4.99. The van der Waals surface area contributed by atoms with Gasteiger partial charge < -0.3 is 5.32 Å². The summed E-state index contributed by atoms with van der Waals surface area (Å²) in [6.45, 7) is 1.05. The summed E-state index contributed by atoms with van der Waals surface area (Å²) in [6, 6.07) is 6.30. The lowest BCUT2D eigenvalue weighted by Crippen LogP contribution is -2.52. The number of rotatable bonds is 4. The van der Waals surface area contributed by atoms with Crippen molar-refractivity contribution in [3.8, 4) is 0 Å².